The average molecular weight is 764 g/mol. The second kappa shape index (κ2) is 13.8. The Bertz CT molecular complexity index is 1950. The van der Waals surface area contributed by atoms with Gasteiger partial charge in [0, 0.05) is 30.6 Å². The van der Waals surface area contributed by atoms with Gasteiger partial charge in [-0.15, -0.1) is 6.42 Å². The largest absolute Gasteiger partial charge is 0.490 e. The lowest BCUT2D eigenvalue weighted by Gasteiger charge is -2.44. The number of halogens is 1. The SMILES string of the molecule is C#CCOc1c(I)cc(/C=C2\C(=O)NC(=O)N(c3cc4c5c(c3)[C@H](c3ccccc3)CCN5CC[C@@H]4c3ccccc3)C2=O)cc1OCC. The summed E-state index contributed by atoms with van der Waals surface area (Å²) < 4.78 is 12.2. The molecule has 0 bridgehead atoms. The highest BCUT2D eigenvalue weighted by Gasteiger charge is 2.40. The molecule has 0 spiro atoms. The number of hydrogen-bond acceptors (Lipinski definition) is 6. The average Bonchev–Trinajstić information content (AvgIpc) is 3.11. The summed E-state index contributed by atoms with van der Waals surface area (Å²) in [5, 5.41) is 2.42. The van der Waals surface area contributed by atoms with Gasteiger partial charge in [-0.25, -0.2) is 9.69 Å². The number of amides is 4. The maximum atomic E-state index is 14.3. The summed E-state index contributed by atoms with van der Waals surface area (Å²) in [4.78, 5) is 44.7. The van der Waals surface area contributed by atoms with Crippen LogP contribution in [0.25, 0.3) is 6.08 Å². The summed E-state index contributed by atoms with van der Waals surface area (Å²) >= 11 is 2.10. The number of carbonyl (C=O) groups excluding carboxylic acids is 3. The minimum Gasteiger partial charge on any atom is -0.490 e. The Labute approximate surface area is 299 Å². The van der Waals surface area contributed by atoms with Crippen molar-refractivity contribution < 1.29 is 23.9 Å². The molecule has 3 aliphatic rings. The molecule has 0 radical (unpaired) electrons. The molecule has 0 aromatic heterocycles. The lowest BCUT2D eigenvalue weighted by atomic mass is 9.76. The van der Waals surface area contributed by atoms with E-state index in [-0.39, 0.29) is 24.0 Å². The van der Waals surface area contributed by atoms with Gasteiger partial charge >= 0.3 is 6.03 Å². The zero-order chi connectivity index (χ0) is 34.1. The van der Waals surface area contributed by atoms with Gasteiger partial charge in [-0.2, -0.15) is 0 Å². The Morgan fingerprint density at radius 2 is 1.51 bits per heavy atom. The quantitative estimate of drug-likeness (QED) is 0.0882. The topological polar surface area (TPSA) is 88.2 Å². The van der Waals surface area contributed by atoms with E-state index in [1.54, 1.807) is 12.1 Å². The predicted octanol–water partition coefficient (Wildman–Crippen LogP) is 7.25. The smallest absolute Gasteiger partial charge is 0.335 e. The van der Waals surface area contributed by atoms with Crippen molar-refractivity contribution in [2.24, 2.45) is 0 Å². The van der Waals surface area contributed by atoms with Crippen LogP contribution in [0.3, 0.4) is 0 Å². The van der Waals surface area contributed by atoms with Gasteiger partial charge in [0.2, 0.25) is 0 Å². The number of barbiturate groups is 1. The molecule has 3 heterocycles. The van der Waals surface area contributed by atoms with E-state index in [0.29, 0.717) is 32.9 Å². The maximum absolute atomic E-state index is 14.3. The highest BCUT2D eigenvalue weighted by atomic mass is 127. The van der Waals surface area contributed by atoms with Crippen LogP contribution in [-0.4, -0.2) is 44.1 Å². The monoisotopic (exact) mass is 763 g/mol. The molecular formula is C40H34IN3O5. The molecule has 4 aromatic rings. The molecular weight excluding hydrogens is 729 g/mol. The second-order valence-electron chi connectivity index (χ2n) is 12.2. The summed E-state index contributed by atoms with van der Waals surface area (Å²) in [7, 11) is 0. The molecule has 49 heavy (non-hydrogen) atoms. The van der Waals surface area contributed by atoms with Gasteiger partial charge in [0.05, 0.1) is 15.9 Å². The molecule has 2 atom stereocenters. The number of imide groups is 2. The lowest BCUT2D eigenvalue weighted by molar-refractivity contribution is -0.122. The van der Waals surface area contributed by atoms with E-state index in [4.69, 9.17) is 15.9 Å². The molecule has 7 rings (SSSR count). The number of carbonyl (C=O) groups is 3. The van der Waals surface area contributed by atoms with Crippen LogP contribution >= 0.6 is 22.6 Å². The Hall–Kier alpha value is -5.08. The highest BCUT2D eigenvalue weighted by molar-refractivity contribution is 14.1. The number of rotatable bonds is 8. The fourth-order valence-electron chi connectivity index (χ4n) is 7.22. The Kier molecular flexibility index (Phi) is 9.15. The third kappa shape index (κ3) is 6.17. The zero-order valence-corrected chi connectivity index (χ0v) is 29.1. The van der Waals surface area contributed by atoms with Crippen LogP contribution in [0.5, 0.6) is 11.5 Å². The standard InChI is InChI=1S/C40H34IN3O5/c1-3-19-49-37-34(41)21-25(22-35(37)48-4-2)20-33-38(45)42-40(47)44(39(33)46)28-23-31-29(26-11-7-5-8-12-26)15-17-43-18-16-30(32(24-28)36(31)43)27-13-9-6-10-14-27/h1,5-14,20-24,29-30H,4,15-19H2,2H3,(H,42,45,47)/b33-20+/t29-,30+. The van der Waals surface area contributed by atoms with E-state index in [0.717, 1.165) is 42.0 Å². The van der Waals surface area contributed by atoms with Crippen LogP contribution < -0.4 is 24.6 Å². The Morgan fingerprint density at radius 1 is 0.898 bits per heavy atom. The van der Waals surface area contributed by atoms with Crippen molar-refractivity contribution in [2.75, 3.05) is 36.1 Å². The second-order valence-corrected chi connectivity index (χ2v) is 13.3. The van der Waals surface area contributed by atoms with E-state index in [9.17, 15) is 14.4 Å². The normalized spacial score (nSPS) is 19.3. The summed E-state index contributed by atoms with van der Waals surface area (Å²) in [6.45, 7) is 4.11. The van der Waals surface area contributed by atoms with Crippen LogP contribution in [0.15, 0.2) is 90.5 Å². The Morgan fingerprint density at radius 3 is 2.08 bits per heavy atom. The van der Waals surface area contributed by atoms with E-state index >= 15 is 0 Å². The number of urea groups is 1. The van der Waals surface area contributed by atoms with Crippen LogP contribution in [-0.2, 0) is 9.59 Å². The fourth-order valence-corrected chi connectivity index (χ4v) is 8.00. The molecule has 4 aromatic carbocycles. The number of ether oxygens (including phenoxy) is 2. The first kappa shape index (κ1) is 32.5. The molecule has 246 valence electrons. The predicted molar refractivity (Wildman–Crippen MR) is 198 cm³/mol. The molecule has 1 fully saturated rings. The third-order valence-corrected chi connectivity index (χ3v) is 10.1. The van der Waals surface area contributed by atoms with Crippen molar-refractivity contribution in [1.82, 2.24) is 5.32 Å². The first-order valence-electron chi connectivity index (χ1n) is 16.3. The minimum atomic E-state index is -0.780. The van der Waals surface area contributed by atoms with E-state index in [2.05, 4.69) is 63.0 Å². The van der Waals surface area contributed by atoms with Crippen LogP contribution in [0.4, 0.5) is 16.2 Å². The summed E-state index contributed by atoms with van der Waals surface area (Å²) in [5.74, 6) is 2.07. The lowest BCUT2D eigenvalue weighted by Crippen LogP contribution is -2.54. The van der Waals surface area contributed by atoms with Gasteiger partial charge < -0.3 is 14.4 Å². The highest BCUT2D eigenvalue weighted by Crippen LogP contribution is 2.50. The van der Waals surface area contributed by atoms with E-state index in [1.165, 1.54) is 22.9 Å². The molecule has 0 unspecified atom stereocenters. The van der Waals surface area contributed by atoms with Crippen molar-refractivity contribution in [2.45, 2.75) is 31.6 Å². The summed E-state index contributed by atoms with van der Waals surface area (Å²) in [6, 6.07) is 27.3. The van der Waals surface area contributed by atoms with Crippen molar-refractivity contribution in [3.8, 4) is 23.8 Å². The molecule has 9 heteroatoms. The molecule has 0 saturated carbocycles. The fraction of sp³-hybridized carbons (Fsp3) is 0.225. The van der Waals surface area contributed by atoms with Gasteiger partial charge in [0.15, 0.2) is 11.5 Å². The van der Waals surface area contributed by atoms with Crippen LogP contribution in [0.2, 0.25) is 0 Å². The van der Waals surface area contributed by atoms with E-state index in [1.807, 2.05) is 55.5 Å². The van der Waals surface area contributed by atoms with E-state index < -0.39 is 17.8 Å². The first-order valence-corrected chi connectivity index (χ1v) is 17.4. The van der Waals surface area contributed by atoms with Crippen molar-refractivity contribution in [1.29, 1.82) is 0 Å². The molecule has 1 saturated heterocycles. The molecule has 3 aliphatic heterocycles. The maximum Gasteiger partial charge on any atom is 0.335 e. The number of anilines is 2. The van der Waals surface area contributed by atoms with Crippen molar-refractivity contribution >= 4 is 57.9 Å². The van der Waals surface area contributed by atoms with Gasteiger partial charge in [-0.05, 0) is 101 Å². The van der Waals surface area contributed by atoms with Crippen LogP contribution in [0.1, 0.15) is 59.4 Å². The number of benzene rings is 4. The van der Waals surface area contributed by atoms with Gasteiger partial charge in [0.25, 0.3) is 11.8 Å². The molecule has 8 nitrogen and oxygen atoms in total. The number of hydrogen-bond donors (Lipinski definition) is 1. The minimum absolute atomic E-state index is 0.0608. The van der Waals surface area contributed by atoms with Gasteiger partial charge in [-0.3, -0.25) is 14.9 Å². The van der Waals surface area contributed by atoms with Crippen LogP contribution in [0, 0.1) is 15.9 Å². The first-order chi connectivity index (χ1) is 23.9. The van der Waals surface area contributed by atoms with Crippen molar-refractivity contribution in [3.05, 3.63) is 122 Å². The van der Waals surface area contributed by atoms with Gasteiger partial charge in [0.1, 0.15) is 12.2 Å². The molecule has 4 amide bonds. The Balaban J connectivity index is 1.35. The third-order valence-electron chi connectivity index (χ3n) is 9.30. The number of nitrogens with zero attached hydrogens (tertiary/aromatic N) is 2. The molecule has 1 N–H and O–H groups in total. The zero-order valence-electron chi connectivity index (χ0n) is 26.9. The summed E-state index contributed by atoms with van der Waals surface area (Å²) in [5.41, 5.74) is 6.50. The number of terminal acetylenes is 1. The molecule has 0 aliphatic carbocycles. The summed E-state index contributed by atoms with van der Waals surface area (Å²) in [6.07, 6.45) is 8.69. The number of nitrogens with one attached hydrogen (secondary N) is 1. The van der Waals surface area contributed by atoms with Gasteiger partial charge in [-0.1, -0.05) is 66.6 Å². The van der Waals surface area contributed by atoms with Crippen molar-refractivity contribution in [3.63, 3.8) is 0 Å².